The van der Waals surface area contributed by atoms with Gasteiger partial charge in [0.1, 0.15) is 16.9 Å². The summed E-state index contributed by atoms with van der Waals surface area (Å²) < 4.78 is 7.49. The third-order valence-electron chi connectivity index (χ3n) is 5.80. The molecule has 1 amide bonds. The summed E-state index contributed by atoms with van der Waals surface area (Å²) in [6.07, 6.45) is 5.55. The monoisotopic (exact) mass is 534 g/mol. The van der Waals surface area contributed by atoms with Crippen LogP contribution in [-0.2, 0) is 6.42 Å². The molecule has 0 aliphatic heterocycles. The summed E-state index contributed by atoms with van der Waals surface area (Å²) in [5.74, 6) is 6.36. The van der Waals surface area contributed by atoms with E-state index in [1.54, 1.807) is 30.2 Å². The smallest absolute Gasteiger partial charge is 0.256 e. The molecule has 0 aliphatic carbocycles. The second-order valence-electron chi connectivity index (χ2n) is 8.26. The first kappa shape index (κ1) is 25.4. The summed E-state index contributed by atoms with van der Waals surface area (Å²) in [6, 6.07) is 16.9. The molecule has 0 unspecified atom stereocenters. The van der Waals surface area contributed by atoms with Crippen LogP contribution < -0.4 is 16.9 Å². The first-order valence-corrected chi connectivity index (χ1v) is 12.8. The van der Waals surface area contributed by atoms with Crippen molar-refractivity contribution in [3.63, 3.8) is 0 Å². The van der Waals surface area contributed by atoms with Crippen molar-refractivity contribution in [3.8, 4) is 23.0 Å². The van der Waals surface area contributed by atoms with Crippen molar-refractivity contribution in [2.24, 2.45) is 5.73 Å². The zero-order chi connectivity index (χ0) is 27.4. The third kappa shape index (κ3) is 5.12. The van der Waals surface area contributed by atoms with Crippen molar-refractivity contribution < 1.29 is 9.21 Å². The molecule has 0 fully saturated rings. The summed E-state index contributed by atoms with van der Waals surface area (Å²) in [5.41, 5.74) is 15.6. The molecule has 4 N–H and O–H groups in total. The van der Waals surface area contributed by atoms with Crippen LogP contribution in [0.3, 0.4) is 0 Å². The van der Waals surface area contributed by atoms with Crippen molar-refractivity contribution in [1.82, 2.24) is 19.6 Å². The third-order valence-corrected chi connectivity index (χ3v) is 6.49. The molecule has 0 radical (unpaired) electrons. The highest BCUT2D eigenvalue weighted by molar-refractivity contribution is 7.10. The Hall–Kier alpha value is -5.27. The maximum Gasteiger partial charge on any atom is 0.256 e. The largest absolute Gasteiger partial charge is 0.460 e. The van der Waals surface area contributed by atoms with Crippen LogP contribution in [0.5, 0.6) is 0 Å². The molecule has 4 aromatic heterocycles. The van der Waals surface area contributed by atoms with Crippen LogP contribution in [-0.4, -0.2) is 25.5 Å². The summed E-state index contributed by atoms with van der Waals surface area (Å²) >= 11 is 1.47. The summed E-state index contributed by atoms with van der Waals surface area (Å²) in [6.45, 7) is 1.99. The van der Waals surface area contributed by atoms with E-state index in [2.05, 4.69) is 26.9 Å². The Balaban J connectivity index is 0.000000198. The maximum atomic E-state index is 13.4. The molecule has 0 spiro atoms. The molecular weight excluding hydrogens is 512 g/mol. The Kier molecular flexibility index (Phi) is 7.16. The number of hydrogen-bond acceptors (Lipinski definition) is 8. The molecule has 2 aromatic carbocycles. The van der Waals surface area contributed by atoms with Gasteiger partial charge < -0.3 is 15.9 Å². The Bertz CT molecular complexity index is 1920. The van der Waals surface area contributed by atoms with Gasteiger partial charge in [-0.25, -0.2) is 9.50 Å². The number of carbonyl (C=O) groups is 1. The van der Waals surface area contributed by atoms with Crippen molar-refractivity contribution in [2.75, 3.05) is 5.73 Å². The first-order valence-electron chi connectivity index (χ1n) is 11.9. The van der Waals surface area contributed by atoms with Gasteiger partial charge >= 0.3 is 0 Å². The lowest BCUT2D eigenvalue weighted by molar-refractivity contribution is 0.100. The minimum Gasteiger partial charge on any atom is -0.460 e. The number of nitrogen functional groups attached to an aromatic ring is 1. The van der Waals surface area contributed by atoms with E-state index in [0.717, 1.165) is 10.4 Å². The van der Waals surface area contributed by atoms with E-state index in [0.29, 0.717) is 39.9 Å². The quantitative estimate of drug-likeness (QED) is 0.323. The molecule has 9 nitrogen and oxygen atoms in total. The van der Waals surface area contributed by atoms with Crippen LogP contribution in [0.4, 0.5) is 5.82 Å². The van der Waals surface area contributed by atoms with Gasteiger partial charge in [0.05, 0.1) is 27.5 Å². The van der Waals surface area contributed by atoms with Crippen LogP contribution in [0.2, 0.25) is 0 Å². The van der Waals surface area contributed by atoms with Gasteiger partial charge in [0.25, 0.3) is 5.91 Å². The fourth-order valence-corrected chi connectivity index (χ4v) is 4.55. The molecule has 4 heterocycles. The van der Waals surface area contributed by atoms with Crippen LogP contribution in [0, 0.1) is 11.8 Å². The number of hydrogen-bond donors (Lipinski definition) is 2. The zero-order valence-corrected chi connectivity index (χ0v) is 21.6. The van der Waals surface area contributed by atoms with Crippen LogP contribution >= 0.6 is 11.3 Å². The second kappa shape index (κ2) is 11.0. The van der Waals surface area contributed by atoms with Gasteiger partial charge in [-0.05, 0) is 29.7 Å². The van der Waals surface area contributed by atoms with Gasteiger partial charge in [0.15, 0.2) is 11.5 Å². The standard InChI is InChI=1S/C22H15NO2S.C7H7N5O/c1-2-18-20(15-7-4-3-5-8-15)22(24)21-16(9-6-10-19(21)25-18)11-12-17-13-23-14-26-17;8-5-4(6(9)13)7-10-2-1-3-12(7)11-5/h3-10,13-14H,2H2,1H3;1-3H,(H2,8,11)(H2,9,13). The number of primary amides is 1. The van der Waals surface area contributed by atoms with Crippen LogP contribution in [0.25, 0.3) is 27.7 Å². The predicted octanol–water partition coefficient (Wildman–Crippen LogP) is 4.29. The van der Waals surface area contributed by atoms with Gasteiger partial charge in [-0.3, -0.25) is 14.6 Å². The van der Waals surface area contributed by atoms with E-state index < -0.39 is 5.91 Å². The molecule has 0 aliphatic rings. The average molecular weight is 535 g/mol. The minimum absolute atomic E-state index is 0.0384. The van der Waals surface area contributed by atoms with Gasteiger partial charge in [-0.2, -0.15) is 0 Å². The second-order valence-corrected chi connectivity index (χ2v) is 9.14. The number of amides is 1. The molecule has 0 bridgehead atoms. The Morgan fingerprint density at radius 1 is 1.10 bits per heavy atom. The maximum absolute atomic E-state index is 13.4. The molecule has 6 aromatic rings. The van der Waals surface area contributed by atoms with Gasteiger partial charge in [0, 0.05) is 24.4 Å². The molecule has 192 valence electrons. The molecular formula is C29H22N6O3S. The fraction of sp³-hybridized carbons (Fsp3) is 0.0690. The number of rotatable bonds is 3. The lowest BCUT2D eigenvalue weighted by atomic mass is 9.99. The van der Waals surface area contributed by atoms with Crippen molar-refractivity contribution in [3.05, 3.63) is 111 Å². The minimum atomic E-state index is -0.619. The molecule has 0 atom stereocenters. The molecule has 0 saturated carbocycles. The van der Waals surface area contributed by atoms with Crippen LogP contribution in [0.1, 0.15) is 33.5 Å². The van der Waals surface area contributed by atoms with Crippen molar-refractivity contribution >= 4 is 39.7 Å². The first-order chi connectivity index (χ1) is 19.0. The SMILES string of the molecule is CCc1oc2cccc(C#Cc3cncs3)c2c(=O)c1-c1ccccc1.NC(=O)c1c(N)nn2cccnc12. The highest BCUT2D eigenvalue weighted by Gasteiger charge is 2.17. The zero-order valence-electron chi connectivity index (χ0n) is 20.8. The predicted molar refractivity (Wildman–Crippen MR) is 151 cm³/mol. The molecule has 0 saturated heterocycles. The van der Waals surface area contributed by atoms with Crippen LogP contribution in [0.15, 0.2) is 87.9 Å². The Morgan fingerprint density at radius 3 is 2.64 bits per heavy atom. The van der Waals surface area contributed by atoms with Crippen molar-refractivity contribution in [1.29, 1.82) is 0 Å². The Labute approximate surface area is 226 Å². The topological polar surface area (TPSA) is 142 Å². The average Bonchev–Trinajstić information content (AvgIpc) is 3.59. The van der Waals surface area contributed by atoms with E-state index in [9.17, 15) is 9.59 Å². The number of thiazole rings is 1. The normalized spacial score (nSPS) is 10.5. The fourth-order valence-electron chi connectivity index (χ4n) is 4.08. The Morgan fingerprint density at radius 2 is 1.92 bits per heavy atom. The van der Waals surface area contributed by atoms with E-state index >= 15 is 0 Å². The molecule has 6 rings (SSSR count). The van der Waals surface area contributed by atoms with E-state index in [1.165, 1.54) is 15.9 Å². The van der Waals surface area contributed by atoms with E-state index in [1.807, 2.05) is 55.5 Å². The number of aryl methyl sites for hydroxylation is 1. The number of anilines is 1. The molecule has 39 heavy (non-hydrogen) atoms. The summed E-state index contributed by atoms with van der Waals surface area (Å²) in [7, 11) is 0. The lowest BCUT2D eigenvalue weighted by Gasteiger charge is -2.09. The number of nitrogens with zero attached hydrogens (tertiary/aromatic N) is 4. The number of fused-ring (bicyclic) bond motifs is 2. The highest BCUT2D eigenvalue weighted by Crippen LogP contribution is 2.26. The van der Waals surface area contributed by atoms with Gasteiger partial charge in [-0.1, -0.05) is 49.2 Å². The van der Waals surface area contributed by atoms with E-state index in [4.69, 9.17) is 15.9 Å². The van der Waals surface area contributed by atoms with Gasteiger partial charge in [-0.15, -0.1) is 16.4 Å². The summed E-state index contributed by atoms with van der Waals surface area (Å²) in [5, 5.41) is 4.39. The van der Waals surface area contributed by atoms with Crippen molar-refractivity contribution in [2.45, 2.75) is 13.3 Å². The number of carbonyl (C=O) groups excluding carboxylic acids is 1. The van der Waals surface area contributed by atoms with E-state index in [-0.39, 0.29) is 16.8 Å². The lowest BCUT2D eigenvalue weighted by Crippen LogP contribution is -2.12. The number of benzene rings is 2. The van der Waals surface area contributed by atoms with Gasteiger partial charge in [0.2, 0.25) is 5.43 Å². The summed E-state index contributed by atoms with van der Waals surface area (Å²) in [4.78, 5) is 33.1. The number of nitrogens with two attached hydrogens (primary N) is 2. The highest BCUT2D eigenvalue weighted by atomic mass is 32.1. The molecule has 10 heteroatoms. The number of aromatic nitrogens is 4.